The van der Waals surface area contributed by atoms with Gasteiger partial charge >= 0.3 is 0 Å². The van der Waals surface area contributed by atoms with Gasteiger partial charge in [0.15, 0.2) is 7.59 Å². The molecule has 0 aliphatic rings. The summed E-state index contributed by atoms with van der Waals surface area (Å²) in [6, 6.07) is 0. The lowest BCUT2D eigenvalue weighted by Crippen LogP contribution is -2.03. The van der Waals surface area contributed by atoms with Crippen molar-refractivity contribution in [3.63, 3.8) is 0 Å². The van der Waals surface area contributed by atoms with Crippen LogP contribution in [0.15, 0.2) is 0 Å². The predicted octanol–water partition coefficient (Wildman–Crippen LogP) is 5.68. The Balaban J connectivity index is 3.28. The first kappa shape index (κ1) is 14.7. The molecule has 0 fully saturated rings. The molecule has 0 unspecified atom stereocenters. The van der Waals surface area contributed by atoms with E-state index in [0.29, 0.717) is 12.8 Å². The maximum absolute atomic E-state index is 5.55. The number of hydrogen-bond donors (Lipinski definition) is 0. The van der Waals surface area contributed by atoms with E-state index in [1.54, 1.807) is 0 Å². The average molecular weight is 307 g/mol. The van der Waals surface area contributed by atoms with Crippen LogP contribution >= 0.6 is 69.6 Å². The second-order valence-electron chi connectivity index (χ2n) is 2.79. The van der Waals surface area contributed by atoms with Crippen molar-refractivity contribution in [2.75, 3.05) is 0 Å². The van der Waals surface area contributed by atoms with Gasteiger partial charge in [-0.15, -0.1) is 0 Å². The molecule has 0 heterocycles. The minimum absolute atomic E-state index is 0.539. The first-order valence-electron chi connectivity index (χ1n) is 3.84. The highest BCUT2D eigenvalue weighted by molar-refractivity contribution is 6.67. The Kier molecular flexibility index (Phi) is 7.20. The molecular formula is C7H10Cl6. The van der Waals surface area contributed by atoms with E-state index in [1.165, 1.54) is 0 Å². The van der Waals surface area contributed by atoms with Crippen molar-refractivity contribution in [3.05, 3.63) is 0 Å². The summed E-state index contributed by atoms with van der Waals surface area (Å²) in [5.41, 5.74) is 0. The van der Waals surface area contributed by atoms with Crippen molar-refractivity contribution in [3.8, 4) is 0 Å². The van der Waals surface area contributed by atoms with Crippen LogP contribution < -0.4 is 0 Å². The van der Waals surface area contributed by atoms with Crippen molar-refractivity contribution >= 4 is 69.6 Å². The normalized spacial score (nSPS) is 13.4. The molecule has 13 heavy (non-hydrogen) atoms. The maximum Gasteiger partial charge on any atom is 0.190 e. The lowest BCUT2D eigenvalue weighted by Gasteiger charge is -2.12. The van der Waals surface area contributed by atoms with E-state index in [0.717, 1.165) is 19.3 Å². The lowest BCUT2D eigenvalue weighted by molar-refractivity contribution is 0.625. The quantitative estimate of drug-likeness (QED) is 0.463. The Morgan fingerprint density at radius 1 is 0.538 bits per heavy atom. The SMILES string of the molecule is ClC(Cl)(Cl)CCCCCC(Cl)(Cl)Cl. The average Bonchev–Trinajstić information content (AvgIpc) is 1.81. The van der Waals surface area contributed by atoms with Gasteiger partial charge in [-0.1, -0.05) is 76.0 Å². The summed E-state index contributed by atoms with van der Waals surface area (Å²) < 4.78 is -2.31. The predicted molar refractivity (Wildman–Crippen MR) is 63.7 cm³/mol. The van der Waals surface area contributed by atoms with Gasteiger partial charge < -0.3 is 0 Å². The van der Waals surface area contributed by atoms with Crippen molar-refractivity contribution in [2.45, 2.75) is 39.7 Å². The zero-order valence-electron chi connectivity index (χ0n) is 6.80. The molecule has 6 heteroatoms. The first-order valence-corrected chi connectivity index (χ1v) is 6.11. The highest BCUT2D eigenvalue weighted by Gasteiger charge is 2.20. The Hall–Kier alpha value is 1.74. The van der Waals surface area contributed by atoms with Crippen LogP contribution in [0, 0.1) is 0 Å². The van der Waals surface area contributed by atoms with Crippen LogP contribution in [-0.4, -0.2) is 7.59 Å². The molecule has 0 aliphatic carbocycles. The van der Waals surface area contributed by atoms with Gasteiger partial charge in [0.05, 0.1) is 0 Å². The molecule has 0 rings (SSSR count). The highest BCUT2D eigenvalue weighted by Crippen LogP contribution is 2.34. The van der Waals surface area contributed by atoms with Crippen molar-refractivity contribution < 1.29 is 0 Å². The third kappa shape index (κ3) is 13.7. The maximum atomic E-state index is 5.55. The Bertz CT molecular complexity index is 117. The molecule has 0 aliphatic heterocycles. The largest absolute Gasteiger partial charge is 0.190 e. The topological polar surface area (TPSA) is 0 Å². The van der Waals surface area contributed by atoms with Crippen LogP contribution in [0.25, 0.3) is 0 Å². The van der Waals surface area contributed by atoms with Crippen LogP contribution in [0.4, 0.5) is 0 Å². The number of rotatable bonds is 4. The molecule has 0 amide bonds. The molecule has 0 aromatic heterocycles. The van der Waals surface area contributed by atoms with Crippen molar-refractivity contribution in [1.29, 1.82) is 0 Å². The van der Waals surface area contributed by atoms with Gasteiger partial charge in [0.25, 0.3) is 0 Å². The monoisotopic (exact) mass is 304 g/mol. The zero-order chi connectivity index (χ0) is 10.5. The van der Waals surface area contributed by atoms with E-state index >= 15 is 0 Å². The second-order valence-corrected chi connectivity index (χ2v) is 7.82. The molecule has 0 saturated carbocycles. The summed E-state index contributed by atoms with van der Waals surface area (Å²) in [6.45, 7) is 0. The van der Waals surface area contributed by atoms with E-state index < -0.39 is 7.59 Å². The van der Waals surface area contributed by atoms with Crippen LogP contribution in [0.5, 0.6) is 0 Å². The summed E-state index contributed by atoms with van der Waals surface area (Å²) in [5.74, 6) is 0. The zero-order valence-corrected chi connectivity index (χ0v) is 11.3. The third-order valence-corrected chi connectivity index (χ3v) is 2.55. The third-order valence-electron chi connectivity index (χ3n) is 1.42. The number of unbranched alkanes of at least 4 members (excludes halogenated alkanes) is 2. The molecule has 0 radical (unpaired) electrons. The summed E-state index contributed by atoms with van der Waals surface area (Å²) >= 11 is 33.3. The molecule has 0 aromatic rings. The fourth-order valence-corrected chi connectivity index (χ4v) is 1.63. The van der Waals surface area contributed by atoms with E-state index in [1.807, 2.05) is 0 Å². The van der Waals surface area contributed by atoms with Crippen LogP contribution in [0.3, 0.4) is 0 Å². The van der Waals surface area contributed by atoms with Gasteiger partial charge in [-0.25, -0.2) is 0 Å². The molecule has 0 saturated heterocycles. The minimum atomic E-state index is -1.15. The Labute approximate surface area is 109 Å². The highest BCUT2D eigenvalue weighted by atomic mass is 35.6. The molecule has 0 N–H and O–H groups in total. The summed E-state index contributed by atoms with van der Waals surface area (Å²) in [7, 11) is 0. The van der Waals surface area contributed by atoms with Crippen molar-refractivity contribution in [1.82, 2.24) is 0 Å². The Morgan fingerprint density at radius 3 is 1.08 bits per heavy atom. The molecule has 0 bridgehead atoms. The van der Waals surface area contributed by atoms with Gasteiger partial charge in [-0.05, 0) is 25.7 Å². The smallest absolute Gasteiger partial charge is 0.0837 e. The molecule has 80 valence electrons. The van der Waals surface area contributed by atoms with E-state index in [4.69, 9.17) is 69.6 Å². The molecule has 0 atom stereocenters. The van der Waals surface area contributed by atoms with Crippen LogP contribution in [-0.2, 0) is 0 Å². The summed E-state index contributed by atoms with van der Waals surface area (Å²) in [4.78, 5) is 0. The first-order chi connectivity index (χ1) is 5.71. The molecular weight excluding hydrogens is 297 g/mol. The number of hydrogen-bond acceptors (Lipinski definition) is 0. The number of halogens is 6. The van der Waals surface area contributed by atoms with Crippen LogP contribution in [0.2, 0.25) is 0 Å². The Morgan fingerprint density at radius 2 is 0.846 bits per heavy atom. The van der Waals surface area contributed by atoms with Gasteiger partial charge in [0.2, 0.25) is 0 Å². The van der Waals surface area contributed by atoms with E-state index in [9.17, 15) is 0 Å². The second kappa shape index (κ2) is 6.35. The summed E-state index contributed by atoms with van der Waals surface area (Å²) in [6.07, 6.45) is 3.64. The van der Waals surface area contributed by atoms with E-state index in [-0.39, 0.29) is 0 Å². The summed E-state index contributed by atoms with van der Waals surface area (Å²) in [5, 5.41) is 0. The lowest BCUT2D eigenvalue weighted by atomic mass is 10.2. The molecule has 0 aromatic carbocycles. The fraction of sp³-hybridized carbons (Fsp3) is 1.00. The van der Waals surface area contributed by atoms with Crippen molar-refractivity contribution in [2.24, 2.45) is 0 Å². The standard InChI is InChI=1S/C7H10Cl6/c8-6(9,10)4-2-1-3-5-7(11,12)13/h1-5H2. The van der Waals surface area contributed by atoms with Gasteiger partial charge in [-0.2, -0.15) is 0 Å². The van der Waals surface area contributed by atoms with Crippen LogP contribution in [0.1, 0.15) is 32.1 Å². The van der Waals surface area contributed by atoms with Gasteiger partial charge in [0.1, 0.15) is 0 Å². The number of alkyl halides is 6. The van der Waals surface area contributed by atoms with Gasteiger partial charge in [-0.3, -0.25) is 0 Å². The molecule has 0 spiro atoms. The fourth-order valence-electron chi connectivity index (χ4n) is 0.828. The van der Waals surface area contributed by atoms with E-state index in [2.05, 4.69) is 0 Å². The van der Waals surface area contributed by atoms with Gasteiger partial charge in [0, 0.05) is 0 Å². The minimum Gasteiger partial charge on any atom is -0.0837 e. The molecule has 0 nitrogen and oxygen atoms in total.